The van der Waals surface area contributed by atoms with Crippen molar-refractivity contribution in [3.8, 4) is 0 Å². The van der Waals surface area contributed by atoms with Crippen LogP contribution in [0.25, 0.3) is 0 Å². The van der Waals surface area contributed by atoms with Crippen LogP contribution in [0.1, 0.15) is 52.9 Å². The third-order valence-electron chi connectivity index (χ3n) is 4.21. The van der Waals surface area contributed by atoms with Gasteiger partial charge in [0.05, 0.1) is 0 Å². The third kappa shape index (κ3) is 2.81. The van der Waals surface area contributed by atoms with E-state index in [2.05, 4.69) is 13.8 Å². The third-order valence-corrected chi connectivity index (χ3v) is 4.21. The molecule has 0 bridgehead atoms. The molecule has 0 spiro atoms. The minimum atomic E-state index is -0.273. The van der Waals surface area contributed by atoms with Gasteiger partial charge >= 0.3 is 0 Å². The molecule has 2 nitrogen and oxygen atoms in total. The van der Waals surface area contributed by atoms with Crippen molar-refractivity contribution >= 4 is 5.78 Å². The Morgan fingerprint density at radius 1 is 1.33 bits per heavy atom. The number of carbonyl (C=O) groups excluding carboxylic acids is 1. The van der Waals surface area contributed by atoms with E-state index in [0.717, 1.165) is 25.2 Å². The van der Waals surface area contributed by atoms with Crippen LogP contribution in [-0.4, -0.2) is 12.3 Å². The fraction of sp³-hybridized carbons (Fsp3) is 0.923. The lowest BCUT2D eigenvalue weighted by Crippen LogP contribution is -2.40. The van der Waals surface area contributed by atoms with Crippen LogP contribution in [0.3, 0.4) is 0 Å². The second-order valence-electron chi connectivity index (χ2n) is 5.44. The maximum atomic E-state index is 12.3. The Hall–Kier alpha value is -0.370. The molecule has 15 heavy (non-hydrogen) atoms. The molecule has 2 N–H and O–H groups in total. The van der Waals surface area contributed by atoms with E-state index in [-0.39, 0.29) is 11.3 Å². The van der Waals surface area contributed by atoms with Gasteiger partial charge in [0.1, 0.15) is 5.78 Å². The van der Waals surface area contributed by atoms with Gasteiger partial charge in [-0.1, -0.05) is 33.6 Å². The number of Topliss-reactive ketones (excluding diaryl/α,β-unsaturated/α-hetero) is 1. The molecule has 1 fully saturated rings. The molecule has 0 radical (unpaired) electrons. The van der Waals surface area contributed by atoms with Crippen molar-refractivity contribution in [2.75, 3.05) is 6.54 Å². The summed E-state index contributed by atoms with van der Waals surface area (Å²) in [4.78, 5) is 12.3. The zero-order chi connectivity index (χ0) is 11.5. The highest BCUT2D eigenvalue weighted by Gasteiger charge is 2.36. The van der Waals surface area contributed by atoms with E-state index < -0.39 is 0 Å². The topological polar surface area (TPSA) is 43.1 Å². The van der Waals surface area contributed by atoms with Crippen molar-refractivity contribution in [2.24, 2.45) is 23.0 Å². The number of hydrogen-bond acceptors (Lipinski definition) is 2. The Morgan fingerprint density at radius 2 is 1.87 bits per heavy atom. The monoisotopic (exact) mass is 211 g/mol. The van der Waals surface area contributed by atoms with Crippen LogP contribution in [0.4, 0.5) is 0 Å². The fourth-order valence-corrected chi connectivity index (χ4v) is 2.43. The highest BCUT2D eigenvalue weighted by molar-refractivity contribution is 5.87. The highest BCUT2D eigenvalue weighted by atomic mass is 16.1. The molecule has 1 aliphatic rings. The van der Waals surface area contributed by atoms with Crippen LogP contribution in [-0.2, 0) is 4.79 Å². The van der Waals surface area contributed by atoms with Gasteiger partial charge in [-0.2, -0.15) is 0 Å². The summed E-state index contributed by atoms with van der Waals surface area (Å²) in [6.07, 6.45) is 5.45. The van der Waals surface area contributed by atoms with E-state index in [1.165, 1.54) is 12.8 Å². The molecule has 1 saturated carbocycles. The lowest BCUT2D eigenvalue weighted by Gasteiger charge is -2.33. The van der Waals surface area contributed by atoms with E-state index in [1.807, 2.05) is 6.92 Å². The molecule has 0 saturated heterocycles. The SMILES string of the molecule is CCC(C)(CN)C(=O)C1CCC(C)CC1. The van der Waals surface area contributed by atoms with Gasteiger partial charge in [0.25, 0.3) is 0 Å². The Balaban J connectivity index is 2.60. The van der Waals surface area contributed by atoms with E-state index in [9.17, 15) is 4.79 Å². The standard InChI is InChI=1S/C13H25NO/c1-4-13(3,9-14)12(15)11-7-5-10(2)6-8-11/h10-11H,4-9,14H2,1-3H3. The zero-order valence-electron chi connectivity index (χ0n) is 10.4. The van der Waals surface area contributed by atoms with Gasteiger partial charge in [-0.15, -0.1) is 0 Å². The molecule has 1 atom stereocenters. The van der Waals surface area contributed by atoms with E-state index in [4.69, 9.17) is 5.73 Å². The summed E-state index contributed by atoms with van der Waals surface area (Å²) in [7, 11) is 0. The predicted octanol–water partition coefficient (Wildman–Crippen LogP) is 2.76. The van der Waals surface area contributed by atoms with Crippen molar-refractivity contribution in [1.82, 2.24) is 0 Å². The molecule has 1 rings (SSSR count). The first-order chi connectivity index (χ1) is 7.03. The first-order valence-corrected chi connectivity index (χ1v) is 6.28. The molecule has 0 amide bonds. The van der Waals surface area contributed by atoms with Crippen LogP contribution in [0.2, 0.25) is 0 Å². The smallest absolute Gasteiger partial charge is 0.143 e. The van der Waals surface area contributed by atoms with Crippen molar-refractivity contribution in [1.29, 1.82) is 0 Å². The summed E-state index contributed by atoms with van der Waals surface area (Å²) in [5, 5.41) is 0. The van der Waals surface area contributed by atoms with Gasteiger partial charge in [-0.05, 0) is 25.2 Å². The lowest BCUT2D eigenvalue weighted by molar-refractivity contribution is -0.133. The van der Waals surface area contributed by atoms with Gasteiger partial charge in [0.2, 0.25) is 0 Å². The van der Waals surface area contributed by atoms with Crippen molar-refractivity contribution in [2.45, 2.75) is 52.9 Å². The second-order valence-corrected chi connectivity index (χ2v) is 5.44. The Morgan fingerprint density at radius 3 is 2.27 bits per heavy atom. The summed E-state index contributed by atoms with van der Waals surface area (Å²) >= 11 is 0. The Labute approximate surface area is 93.6 Å². The number of nitrogens with two attached hydrogens (primary N) is 1. The maximum absolute atomic E-state index is 12.3. The average molecular weight is 211 g/mol. The van der Waals surface area contributed by atoms with Gasteiger partial charge in [-0.3, -0.25) is 4.79 Å². The van der Waals surface area contributed by atoms with E-state index in [0.29, 0.717) is 12.3 Å². The molecule has 2 heteroatoms. The summed E-state index contributed by atoms with van der Waals surface area (Å²) in [5.74, 6) is 1.51. The number of carbonyl (C=O) groups is 1. The largest absolute Gasteiger partial charge is 0.329 e. The maximum Gasteiger partial charge on any atom is 0.143 e. The average Bonchev–Trinajstić information content (AvgIpc) is 2.28. The summed E-state index contributed by atoms with van der Waals surface area (Å²) in [6, 6.07) is 0. The lowest BCUT2D eigenvalue weighted by atomic mass is 9.71. The van der Waals surface area contributed by atoms with Crippen LogP contribution < -0.4 is 5.73 Å². The van der Waals surface area contributed by atoms with Crippen LogP contribution in [0.5, 0.6) is 0 Å². The summed E-state index contributed by atoms with van der Waals surface area (Å²) in [6.45, 7) is 6.86. The van der Waals surface area contributed by atoms with E-state index >= 15 is 0 Å². The van der Waals surface area contributed by atoms with Crippen LogP contribution in [0, 0.1) is 17.3 Å². The summed E-state index contributed by atoms with van der Waals surface area (Å²) in [5.41, 5.74) is 5.46. The molecular weight excluding hydrogens is 186 g/mol. The zero-order valence-corrected chi connectivity index (χ0v) is 10.4. The quantitative estimate of drug-likeness (QED) is 0.777. The molecule has 0 heterocycles. The van der Waals surface area contributed by atoms with Crippen LogP contribution in [0.15, 0.2) is 0 Å². The molecule has 1 unspecified atom stereocenters. The van der Waals surface area contributed by atoms with Crippen molar-refractivity contribution in [3.63, 3.8) is 0 Å². The Kier molecular flexibility index (Phi) is 4.32. The molecule has 0 aliphatic heterocycles. The molecule has 1 aliphatic carbocycles. The van der Waals surface area contributed by atoms with Gasteiger partial charge in [0.15, 0.2) is 0 Å². The summed E-state index contributed by atoms with van der Waals surface area (Å²) < 4.78 is 0. The minimum Gasteiger partial charge on any atom is -0.329 e. The predicted molar refractivity (Wildman–Crippen MR) is 63.6 cm³/mol. The van der Waals surface area contributed by atoms with Gasteiger partial charge < -0.3 is 5.73 Å². The first-order valence-electron chi connectivity index (χ1n) is 6.28. The van der Waals surface area contributed by atoms with Crippen molar-refractivity contribution < 1.29 is 4.79 Å². The fourth-order valence-electron chi connectivity index (χ4n) is 2.43. The minimum absolute atomic E-state index is 0.273. The normalized spacial score (nSPS) is 30.9. The highest BCUT2D eigenvalue weighted by Crippen LogP contribution is 2.34. The molecule has 0 aromatic carbocycles. The molecule has 88 valence electrons. The molecule has 0 aromatic rings. The van der Waals surface area contributed by atoms with E-state index in [1.54, 1.807) is 0 Å². The van der Waals surface area contributed by atoms with Crippen LogP contribution >= 0.6 is 0 Å². The van der Waals surface area contributed by atoms with Gasteiger partial charge in [0, 0.05) is 17.9 Å². The Bertz CT molecular complexity index is 213. The number of rotatable bonds is 4. The van der Waals surface area contributed by atoms with Crippen molar-refractivity contribution in [3.05, 3.63) is 0 Å². The molecular formula is C13H25NO. The number of hydrogen-bond donors (Lipinski definition) is 1. The molecule has 0 aromatic heterocycles. The van der Waals surface area contributed by atoms with Gasteiger partial charge in [-0.25, -0.2) is 0 Å². The second kappa shape index (κ2) is 5.11. The number of ketones is 1. The first kappa shape index (κ1) is 12.7.